The van der Waals surface area contributed by atoms with Gasteiger partial charge in [0, 0.05) is 4.48 Å². The lowest BCUT2D eigenvalue weighted by atomic mass is 10.4. The van der Waals surface area contributed by atoms with Crippen molar-refractivity contribution < 1.29 is 9.60 Å². The first kappa shape index (κ1) is 9.65. The Hall–Kier alpha value is -0.350. The van der Waals surface area contributed by atoms with Crippen molar-refractivity contribution in [2.75, 3.05) is 6.67 Å². The molecule has 0 aliphatic rings. The summed E-state index contributed by atoms with van der Waals surface area (Å²) in [5, 5.41) is 8.36. The van der Waals surface area contributed by atoms with E-state index in [0.29, 0.717) is 10.2 Å². The molecule has 0 radical (unpaired) electrons. The molecule has 0 aliphatic carbocycles. The Kier molecular flexibility index (Phi) is 5.25. The van der Waals surface area contributed by atoms with E-state index in [1.165, 1.54) is 6.08 Å². The summed E-state index contributed by atoms with van der Waals surface area (Å²) in [5.74, 6) is 0. The summed E-state index contributed by atoms with van der Waals surface area (Å²) < 4.78 is 12.2. The fourth-order valence-electron chi connectivity index (χ4n) is 0.387. The van der Waals surface area contributed by atoms with Crippen LogP contribution in [0.25, 0.3) is 0 Å². The highest BCUT2D eigenvalue weighted by molar-refractivity contribution is 9.11. The van der Waals surface area contributed by atoms with Crippen LogP contribution < -0.4 is 5.48 Å². The fraction of sp³-hybridized carbons (Fsp3) is 0.333. The molecule has 0 spiro atoms. The zero-order chi connectivity index (χ0) is 7.98. The van der Waals surface area contributed by atoms with Crippen LogP contribution in [0, 0.1) is 0 Å². The molecule has 0 saturated carbocycles. The molecule has 2 nitrogen and oxygen atoms in total. The smallest absolute Gasteiger partial charge is 0.121 e. The Morgan fingerprint density at radius 3 is 2.70 bits per heavy atom. The molecule has 0 aliphatic heterocycles. The van der Waals surface area contributed by atoms with Crippen LogP contribution >= 0.6 is 15.9 Å². The monoisotopic (exact) mass is 209 g/mol. The van der Waals surface area contributed by atoms with Gasteiger partial charge in [-0.15, -0.1) is 0 Å². The average Bonchev–Trinajstić information content (AvgIpc) is 1.99. The first-order chi connectivity index (χ1) is 4.74. The van der Waals surface area contributed by atoms with E-state index >= 15 is 0 Å². The van der Waals surface area contributed by atoms with E-state index in [4.69, 9.17) is 5.21 Å². The first-order valence-corrected chi connectivity index (χ1v) is 3.52. The van der Waals surface area contributed by atoms with Crippen molar-refractivity contribution in [2.24, 2.45) is 0 Å². The van der Waals surface area contributed by atoms with Crippen molar-refractivity contribution in [1.29, 1.82) is 0 Å². The lowest BCUT2D eigenvalue weighted by Crippen LogP contribution is -2.03. The minimum Gasteiger partial charge on any atom is -0.291 e. The van der Waals surface area contributed by atoms with E-state index in [0.717, 1.165) is 0 Å². The minimum absolute atomic E-state index is 0.391. The van der Waals surface area contributed by atoms with Gasteiger partial charge in [-0.1, -0.05) is 22.0 Å². The minimum atomic E-state index is -0.570. The third kappa shape index (κ3) is 3.63. The van der Waals surface area contributed by atoms with Gasteiger partial charge >= 0.3 is 0 Å². The molecule has 4 heteroatoms. The van der Waals surface area contributed by atoms with Crippen molar-refractivity contribution in [3.63, 3.8) is 0 Å². The highest BCUT2D eigenvalue weighted by Gasteiger charge is 1.91. The van der Waals surface area contributed by atoms with E-state index in [9.17, 15) is 4.39 Å². The van der Waals surface area contributed by atoms with Crippen LogP contribution in [0.3, 0.4) is 0 Å². The number of alkyl halides is 1. The van der Waals surface area contributed by atoms with Crippen molar-refractivity contribution in [2.45, 2.75) is 6.92 Å². The van der Waals surface area contributed by atoms with E-state index in [1.807, 2.05) is 5.48 Å². The van der Waals surface area contributed by atoms with Crippen molar-refractivity contribution >= 4 is 15.9 Å². The molecule has 2 N–H and O–H groups in total. The Labute approximate surface area is 67.5 Å². The van der Waals surface area contributed by atoms with Gasteiger partial charge in [0.2, 0.25) is 0 Å². The van der Waals surface area contributed by atoms with Gasteiger partial charge < -0.3 is 0 Å². The van der Waals surface area contributed by atoms with Crippen LogP contribution in [-0.2, 0) is 0 Å². The first-order valence-electron chi connectivity index (χ1n) is 2.73. The van der Waals surface area contributed by atoms with Crippen LogP contribution in [-0.4, -0.2) is 11.9 Å². The SMILES string of the molecule is C/C=C(\C=C(\Br)CF)NO. The number of hydroxylamine groups is 1. The highest BCUT2D eigenvalue weighted by Crippen LogP contribution is 2.07. The van der Waals surface area contributed by atoms with E-state index in [1.54, 1.807) is 13.0 Å². The molecule has 0 unspecified atom stereocenters. The summed E-state index contributed by atoms with van der Waals surface area (Å²) in [7, 11) is 0. The largest absolute Gasteiger partial charge is 0.291 e. The van der Waals surface area contributed by atoms with Crippen molar-refractivity contribution in [3.05, 3.63) is 22.3 Å². The normalized spacial score (nSPS) is 13.6. The van der Waals surface area contributed by atoms with Crippen LogP contribution in [0.4, 0.5) is 4.39 Å². The molecule has 0 saturated heterocycles. The number of nitrogens with one attached hydrogen (secondary N) is 1. The summed E-state index contributed by atoms with van der Waals surface area (Å²) in [4.78, 5) is 0. The molecular weight excluding hydrogens is 201 g/mol. The maximum Gasteiger partial charge on any atom is 0.121 e. The van der Waals surface area contributed by atoms with Crippen molar-refractivity contribution in [1.82, 2.24) is 5.48 Å². The van der Waals surface area contributed by atoms with Crippen LogP contribution in [0.5, 0.6) is 0 Å². The molecule has 0 heterocycles. The van der Waals surface area contributed by atoms with Crippen LogP contribution in [0.1, 0.15) is 6.92 Å². The summed E-state index contributed by atoms with van der Waals surface area (Å²) >= 11 is 2.95. The van der Waals surface area contributed by atoms with Gasteiger partial charge in [0.1, 0.15) is 6.67 Å². The standard InChI is InChI=1S/C6H9BrFNO/c1-2-6(9-10)3-5(7)4-8/h2-3,9-10H,4H2,1H3/b5-3+,6-2+. The molecule has 0 aromatic heterocycles. The number of allylic oxidation sites excluding steroid dienone is 3. The lowest BCUT2D eigenvalue weighted by molar-refractivity contribution is 0.204. The Morgan fingerprint density at radius 1 is 1.80 bits per heavy atom. The second kappa shape index (κ2) is 5.44. The van der Waals surface area contributed by atoms with Gasteiger partial charge in [0.15, 0.2) is 0 Å². The zero-order valence-corrected chi connectivity index (χ0v) is 7.15. The molecule has 0 aromatic rings. The zero-order valence-electron chi connectivity index (χ0n) is 5.56. The van der Waals surface area contributed by atoms with Gasteiger partial charge in [-0.2, -0.15) is 0 Å². The van der Waals surface area contributed by atoms with Gasteiger partial charge in [-0.25, -0.2) is 4.39 Å². The molecule has 0 fully saturated rings. The predicted molar refractivity (Wildman–Crippen MR) is 41.7 cm³/mol. The summed E-state index contributed by atoms with van der Waals surface area (Å²) in [6, 6.07) is 0. The molecule has 58 valence electrons. The number of halogens is 2. The third-order valence-electron chi connectivity index (χ3n) is 0.880. The number of hydrogen-bond donors (Lipinski definition) is 2. The topological polar surface area (TPSA) is 32.3 Å². The maximum atomic E-state index is 11.8. The van der Waals surface area contributed by atoms with E-state index < -0.39 is 6.67 Å². The Balaban J connectivity index is 4.08. The van der Waals surface area contributed by atoms with E-state index in [2.05, 4.69) is 15.9 Å². The van der Waals surface area contributed by atoms with Gasteiger partial charge in [0.05, 0.1) is 5.70 Å². The molecule has 10 heavy (non-hydrogen) atoms. The van der Waals surface area contributed by atoms with Gasteiger partial charge in [-0.3, -0.25) is 10.7 Å². The second-order valence-corrected chi connectivity index (χ2v) is 2.60. The van der Waals surface area contributed by atoms with Crippen LogP contribution in [0.15, 0.2) is 22.3 Å². The van der Waals surface area contributed by atoms with Crippen LogP contribution in [0.2, 0.25) is 0 Å². The van der Waals surface area contributed by atoms with Crippen molar-refractivity contribution in [3.8, 4) is 0 Å². The predicted octanol–water partition coefficient (Wildman–Crippen LogP) is 2.12. The summed E-state index contributed by atoms with van der Waals surface area (Å²) in [6.07, 6.45) is 3.08. The second-order valence-electron chi connectivity index (χ2n) is 1.58. The molecule has 0 bridgehead atoms. The van der Waals surface area contributed by atoms with Gasteiger partial charge in [-0.05, 0) is 13.0 Å². The quantitative estimate of drug-likeness (QED) is 0.552. The number of rotatable bonds is 3. The summed E-state index contributed by atoms with van der Waals surface area (Å²) in [5.41, 5.74) is 2.37. The van der Waals surface area contributed by atoms with Gasteiger partial charge in [0.25, 0.3) is 0 Å². The maximum absolute atomic E-state index is 11.8. The highest BCUT2D eigenvalue weighted by atomic mass is 79.9. The molecule has 0 rings (SSSR count). The lowest BCUT2D eigenvalue weighted by Gasteiger charge is -1.97. The average molecular weight is 210 g/mol. The third-order valence-corrected chi connectivity index (χ3v) is 1.32. The molecular formula is C6H9BrFNO. The Bertz CT molecular complexity index is 156. The number of hydrogen-bond acceptors (Lipinski definition) is 2. The fourth-order valence-corrected chi connectivity index (χ4v) is 0.634. The Morgan fingerprint density at radius 2 is 2.40 bits per heavy atom. The summed E-state index contributed by atoms with van der Waals surface area (Å²) in [6.45, 7) is 1.16. The molecule has 0 atom stereocenters. The molecule has 0 aromatic carbocycles. The van der Waals surface area contributed by atoms with E-state index in [-0.39, 0.29) is 0 Å². The molecule has 0 amide bonds.